The third-order valence-electron chi connectivity index (χ3n) is 1.86. The number of aryl methyl sites for hydroxylation is 1. The maximum atomic E-state index is 11.4. The highest BCUT2D eigenvalue weighted by molar-refractivity contribution is 5.80. The van der Waals surface area contributed by atoms with Crippen molar-refractivity contribution >= 4 is 5.97 Å². The molecule has 1 atom stereocenters. The Morgan fingerprint density at radius 1 is 1.67 bits per heavy atom. The zero-order valence-electron chi connectivity index (χ0n) is 8.73. The lowest BCUT2D eigenvalue weighted by molar-refractivity contribution is -0.143. The first kappa shape index (κ1) is 11.2. The fourth-order valence-electron chi connectivity index (χ4n) is 1.19. The second-order valence-corrected chi connectivity index (χ2v) is 3.02. The van der Waals surface area contributed by atoms with Gasteiger partial charge in [0.05, 0.1) is 18.4 Å². The summed E-state index contributed by atoms with van der Waals surface area (Å²) in [5.74, 6) is -1.47. The second kappa shape index (κ2) is 5.11. The Hall–Kier alpha value is -1.89. The molecule has 15 heavy (non-hydrogen) atoms. The third kappa shape index (κ3) is 2.78. The van der Waals surface area contributed by atoms with Gasteiger partial charge in [-0.15, -0.1) is 0 Å². The van der Waals surface area contributed by atoms with Crippen LogP contribution in [0.1, 0.15) is 24.2 Å². The molecule has 0 radical (unpaired) electrons. The predicted octanol–water partition coefficient (Wildman–Crippen LogP) is 1.56. The van der Waals surface area contributed by atoms with E-state index in [0.717, 1.165) is 5.69 Å². The molecule has 1 rings (SSSR count). The monoisotopic (exact) mass is 204 g/mol. The minimum atomic E-state index is -0.926. The lowest BCUT2D eigenvalue weighted by atomic mass is 10.1. The van der Waals surface area contributed by atoms with E-state index in [0.29, 0.717) is 5.69 Å². The van der Waals surface area contributed by atoms with Crippen LogP contribution in [-0.4, -0.2) is 17.6 Å². The molecule has 4 heteroatoms. The molecular formula is C11H12N2O2. The van der Waals surface area contributed by atoms with E-state index in [1.54, 1.807) is 19.1 Å². The Bertz CT molecular complexity index is 396. The average Bonchev–Trinajstić information content (AvgIpc) is 2.19. The van der Waals surface area contributed by atoms with Crippen LogP contribution in [0.3, 0.4) is 0 Å². The summed E-state index contributed by atoms with van der Waals surface area (Å²) in [6.45, 7) is 3.78. The number of pyridine rings is 1. The van der Waals surface area contributed by atoms with E-state index in [9.17, 15) is 4.79 Å². The fraction of sp³-hybridized carbons (Fsp3) is 0.364. The summed E-state index contributed by atoms with van der Waals surface area (Å²) in [5.41, 5.74) is 1.22. The van der Waals surface area contributed by atoms with E-state index in [1.165, 1.54) is 0 Å². The summed E-state index contributed by atoms with van der Waals surface area (Å²) < 4.78 is 4.79. The fourth-order valence-corrected chi connectivity index (χ4v) is 1.19. The first-order valence-corrected chi connectivity index (χ1v) is 4.68. The van der Waals surface area contributed by atoms with Crippen molar-refractivity contribution in [3.8, 4) is 6.07 Å². The summed E-state index contributed by atoms with van der Waals surface area (Å²) in [6.07, 6.45) is 0. The van der Waals surface area contributed by atoms with E-state index in [1.807, 2.05) is 19.1 Å². The topological polar surface area (TPSA) is 63.0 Å². The molecule has 0 aliphatic rings. The Kier molecular flexibility index (Phi) is 3.81. The van der Waals surface area contributed by atoms with Crippen LogP contribution in [-0.2, 0) is 9.53 Å². The first-order valence-electron chi connectivity index (χ1n) is 4.68. The van der Waals surface area contributed by atoms with Crippen molar-refractivity contribution in [2.24, 2.45) is 0 Å². The van der Waals surface area contributed by atoms with Crippen molar-refractivity contribution in [2.75, 3.05) is 6.61 Å². The largest absolute Gasteiger partial charge is 0.465 e. The van der Waals surface area contributed by atoms with Gasteiger partial charge in [-0.2, -0.15) is 5.26 Å². The zero-order valence-corrected chi connectivity index (χ0v) is 8.73. The number of aromatic nitrogens is 1. The maximum absolute atomic E-state index is 11.4. The molecule has 0 aliphatic heterocycles. The van der Waals surface area contributed by atoms with Crippen LogP contribution in [0.15, 0.2) is 18.2 Å². The minimum Gasteiger partial charge on any atom is -0.465 e. The van der Waals surface area contributed by atoms with Gasteiger partial charge in [-0.05, 0) is 26.0 Å². The third-order valence-corrected chi connectivity index (χ3v) is 1.86. The van der Waals surface area contributed by atoms with Gasteiger partial charge in [0.1, 0.15) is 0 Å². The Balaban J connectivity index is 2.93. The molecule has 78 valence electrons. The molecule has 1 aromatic rings. The van der Waals surface area contributed by atoms with E-state index < -0.39 is 11.9 Å². The molecule has 0 unspecified atom stereocenters. The molecule has 1 heterocycles. The number of rotatable bonds is 3. The van der Waals surface area contributed by atoms with Crippen molar-refractivity contribution in [1.29, 1.82) is 5.26 Å². The molecule has 0 aromatic carbocycles. The van der Waals surface area contributed by atoms with E-state index in [2.05, 4.69) is 4.98 Å². The molecule has 0 aliphatic carbocycles. The number of nitriles is 1. The summed E-state index contributed by atoms with van der Waals surface area (Å²) in [5, 5.41) is 8.88. The SMILES string of the molecule is CCOC(=O)[C@@H](C#N)c1cccc(C)n1. The molecule has 0 amide bonds. The lowest BCUT2D eigenvalue weighted by Crippen LogP contribution is -2.15. The molecule has 0 saturated heterocycles. The molecule has 1 aromatic heterocycles. The standard InChI is InChI=1S/C11H12N2O2/c1-3-15-11(14)9(7-12)10-6-4-5-8(2)13-10/h4-6,9H,3H2,1-2H3/t9-/m0/s1. The molecular weight excluding hydrogens is 192 g/mol. The number of esters is 1. The van der Waals surface area contributed by atoms with E-state index in [4.69, 9.17) is 10.00 Å². The molecule has 0 bridgehead atoms. The predicted molar refractivity (Wildman–Crippen MR) is 54.0 cm³/mol. The summed E-state index contributed by atoms with van der Waals surface area (Å²) in [4.78, 5) is 15.5. The second-order valence-electron chi connectivity index (χ2n) is 3.02. The Morgan fingerprint density at radius 2 is 2.40 bits per heavy atom. The normalized spacial score (nSPS) is 11.5. The highest BCUT2D eigenvalue weighted by atomic mass is 16.5. The van der Waals surface area contributed by atoms with E-state index >= 15 is 0 Å². The minimum absolute atomic E-state index is 0.267. The highest BCUT2D eigenvalue weighted by Crippen LogP contribution is 2.14. The first-order chi connectivity index (χ1) is 7.19. The van der Waals surface area contributed by atoms with Crippen LogP contribution in [0, 0.1) is 18.3 Å². The van der Waals surface area contributed by atoms with Crippen LogP contribution in [0.25, 0.3) is 0 Å². The van der Waals surface area contributed by atoms with Crippen LogP contribution in [0.2, 0.25) is 0 Å². The van der Waals surface area contributed by atoms with Gasteiger partial charge < -0.3 is 4.74 Å². The van der Waals surface area contributed by atoms with Gasteiger partial charge >= 0.3 is 5.97 Å². The van der Waals surface area contributed by atoms with Gasteiger partial charge in [0.2, 0.25) is 0 Å². The smallest absolute Gasteiger partial charge is 0.329 e. The average molecular weight is 204 g/mol. The number of hydrogen-bond donors (Lipinski definition) is 0. The Morgan fingerprint density at radius 3 is 2.93 bits per heavy atom. The lowest BCUT2D eigenvalue weighted by Gasteiger charge is -2.07. The van der Waals surface area contributed by atoms with Crippen molar-refractivity contribution in [3.63, 3.8) is 0 Å². The number of carbonyl (C=O) groups is 1. The van der Waals surface area contributed by atoms with Crippen LogP contribution in [0.4, 0.5) is 0 Å². The number of ether oxygens (including phenoxy) is 1. The quantitative estimate of drug-likeness (QED) is 0.701. The van der Waals surface area contributed by atoms with Crippen molar-refractivity contribution in [1.82, 2.24) is 4.98 Å². The zero-order chi connectivity index (χ0) is 11.3. The van der Waals surface area contributed by atoms with Gasteiger partial charge in [-0.25, -0.2) is 0 Å². The van der Waals surface area contributed by atoms with Crippen LogP contribution >= 0.6 is 0 Å². The van der Waals surface area contributed by atoms with Crippen molar-refractivity contribution < 1.29 is 9.53 Å². The van der Waals surface area contributed by atoms with Gasteiger partial charge in [-0.3, -0.25) is 9.78 Å². The summed E-state index contributed by atoms with van der Waals surface area (Å²) >= 11 is 0. The van der Waals surface area contributed by atoms with E-state index in [-0.39, 0.29) is 6.61 Å². The number of nitrogens with zero attached hydrogens (tertiary/aromatic N) is 2. The molecule has 0 fully saturated rings. The van der Waals surface area contributed by atoms with Gasteiger partial charge in [0, 0.05) is 5.69 Å². The molecule has 0 saturated carbocycles. The summed E-state index contributed by atoms with van der Waals surface area (Å²) in [7, 11) is 0. The molecule has 4 nitrogen and oxygen atoms in total. The van der Waals surface area contributed by atoms with Gasteiger partial charge in [-0.1, -0.05) is 6.07 Å². The number of carbonyl (C=O) groups excluding carboxylic acids is 1. The van der Waals surface area contributed by atoms with Crippen molar-refractivity contribution in [3.05, 3.63) is 29.6 Å². The highest BCUT2D eigenvalue weighted by Gasteiger charge is 2.22. The van der Waals surface area contributed by atoms with Crippen LogP contribution in [0.5, 0.6) is 0 Å². The van der Waals surface area contributed by atoms with Gasteiger partial charge in [0.15, 0.2) is 5.92 Å². The Labute approximate surface area is 88.5 Å². The van der Waals surface area contributed by atoms with Gasteiger partial charge in [0.25, 0.3) is 0 Å². The molecule has 0 N–H and O–H groups in total. The maximum Gasteiger partial charge on any atom is 0.329 e. The van der Waals surface area contributed by atoms with Crippen LogP contribution < -0.4 is 0 Å². The summed E-state index contributed by atoms with van der Waals surface area (Å²) in [6, 6.07) is 7.12. The number of hydrogen-bond acceptors (Lipinski definition) is 4. The van der Waals surface area contributed by atoms with Crippen molar-refractivity contribution in [2.45, 2.75) is 19.8 Å². The molecule has 0 spiro atoms.